The minimum Gasteiger partial charge on any atom is -0.457 e. The molecule has 3 aromatic heterocycles. The third kappa shape index (κ3) is 4.57. The molecule has 0 saturated heterocycles. The van der Waals surface area contributed by atoms with Crippen molar-refractivity contribution >= 4 is 39.0 Å². The van der Waals surface area contributed by atoms with E-state index in [2.05, 4.69) is 114 Å². The van der Waals surface area contributed by atoms with Crippen LogP contribution >= 0.6 is 0 Å². The van der Waals surface area contributed by atoms with Gasteiger partial charge in [0.2, 0.25) is 0 Å². The highest BCUT2D eigenvalue weighted by Crippen LogP contribution is 2.43. The van der Waals surface area contributed by atoms with E-state index in [1.807, 2.05) is 24.5 Å². The number of aromatic nitrogens is 3. The first-order valence-corrected chi connectivity index (χ1v) is 15.7. The van der Waals surface area contributed by atoms with Gasteiger partial charge in [-0.3, -0.25) is 4.57 Å². The summed E-state index contributed by atoms with van der Waals surface area (Å²) in [6.07, 6.45) is 8.93. The maximum Gasteiger partial charge on any atom is 0.158 e. The number of pyridine rings is 2. The highest BCUT2D eigenvalue weighted by atomic mass is 16.5. The first-order valence-electron chi connectivity index (χ1n) is 15.7. The lowest BCUT2D eigenvalue weighted by molar-refractivity contribution is 0.483. The van der Waals surface area contributed by atoms with Crippen LogP contribution in [0, 0.1) is 0 Å². The van der Waals surface area contributed by atoms with Gasteiger partial charge in [0.15, 0.2) is 5.82 Å². The van der Waals surface area contributed by atoms with E-state index in [0.29, 0.717) is 6.04 Å². The fourth-order valence-corrected chi connectivity index (χ4v) is 6.97. The van der Waals surface area contributed by atoms with Gasteiger partial charge in [-0.05, 0) is 78.4 Å². The van der Waals surface area contributed by atoms with Crippen molar-refractivity contribution in [3.63, 3.8) is 0 Å². The Morgan fingerprint density at radius 2 is 1.55 bits per heavy atom. The smallest absolute Gasteiger partial charge is 0.158 e. The molecule has 0 bridgehead atoms. The summed E-state index contributed by atoms with van der Waals surface area (Å²) in [5.74, 6) is 3.52. The van der Waals surface area contributed by atoms with Gasteiger partial charge in [0.1, 0.15) is 17.3 Å². The third-order valence-electron chi connectivity index (χ3n) is 9.24. The van der Waals surface area contributed by atoms with Crippen LogP contribution in [0.1, 0.15) is 52.0 Å². The lowest BCUT2D eigenvalue weighted by Gasteiger charge is -2.27. The molecule has 2 aliphatic rings. The van der Waals surface area contributed by atoms with Crippen LogP contribution in [0.2, 0.25) is 0 Å². The van der Waals surface area contributed by atoms with Gasteiger partial charge in [0, 0.05) is 47.0 Å². The third-order valence-corrected chi connectivity index (χ3v) is 9.24. The molecule has 3 aromatic carbocycles. The van der Waals surface area contributed by atoms with E-state index >= 15 is 0 Å². The summed E-state index contributed by atoms with van der Waals surface area (Å²) in [4.78, 5) is 14.5. The zero-order valence-electron chi connectivity index (χ0n) is 25.6. The van der Waals surface area contributed by atoms with Crippen molar-refractivity contribution in [3.05, 3.63) is 109 Å². The van der Waals surface area contributed by atoms with Crippen LogP contribution in [0.3, 0.4) is 0 Å². The molecular formula is C38H37N5O. The highest BCUT2D eigenvalue weighted by molar-refractivity contribution is 6.09. The zero-order chi connectivity index (χ0) is 29.8. The molecule has 220 valence electrons. The van der Waals surface area contributed by atoms with Gasteiger partial charge in [-0.2, -0.15) is 0 Å². The van der Waals surface area contributed by atoms with E-state index in [1.165, 1.54) is 47.7 Å². The maximum absolute atomic E-state index is 6.57. The second-order valence-electron chi connectivity index (χ2n) is 13.1. The molecule has 0 spiro atoms. The Morgan fingerprint density at radius 3 is 2.41 bits per heavy atom. The fraction of sp³-hybridized carbons (Fsp3) is 0.263. The van der Waals surface area contributed by atoms with E-state index in [-0.39, 0.29) is 5.41 Å². The van der Waals surface area contributed by atoms with Crippen molar-refractivity contribution in [2.75, 3.05) is 16.5 Å². The van der Waals surface area contributed by atoms with Crippen LogP contribution in [0.5, 0.6) is 11.5 Å². The summed E-state index contributed by atoms with van der Waals surface area (Å²) in [6.45, 7) is 7.52. The van der Waals surface area contributed by atoms with Gasteiger partial charge in [-0.25, -0.2) is 9.97 Å². The second-order valence-corrected chi connectivity index (χ2v) is 13.1. The summed E-state index contributed by atoms with van der Waals surface area (Å²) in [5, 5.41) is 2.38. The second kappa shape index (κ2) is 10.4. The van der Waals surface area contributed by atoms with Crippen molar-refractivity contribution in [1.82, 2.24) is 14.5 Å². The molecule has 6 nitrogen and oxygen atoms in total. The van der Waals surface area contributed by atoms with Gasteiger partial charge in [-0.15, -0.1) is 0 Å². The van der Waals surface area contributed by atoms with Crippen molar-refractivity contribution in [2.24, 2.45) is 0 Å². The minimum atomic E-state index is 0.0231. The highest BCUT2D eigenvalue weighted by Gasteiger charge is 2.34. The summed E-state index contributed by atoms with van der Waals surface area (Å²) in [6, 6.07) is 32.5. The minimum absolute atomic E-state index is 0.0231. The Kier molecular flexibility index (Phi) is 6.33. The standard InChI is InChI=1S/C38H37N5O/c1-38(2,3)26-19-21-39-36(22-26)43-33-15-7-6-14-31(33)32-18-17-30(24-35(32)43)44-29-13-8-12-28(23-29)42-25-41(27-10-4-5-11-27)34-16-9-20-40-37(34)42/h6-9,12-24,27H,4-5,10-11,25H2,1-3H3. The van der Waals surface area contributed by atoms with Gasteiger partial charge in [0.25, 0.3) is 0 Å². The first kappa shape index (κ1) is 26.8. The number of ether oxygens (including phenoxy) is 1. The molecule has 4 heterocycles. The average Bonchev–Trinajstić information content (AvgIpc) is 3.77. The number of rotatable bonds is 5. The molecule has 1 aliphatic heterocycles. The monoisotopic (exact) mass is 579 g/mol. The van der Waals surface area contributed by atoms with Gasteiger partial charge < -0.3 is 14.5 Å². The summed E-state index contributed by atoms with van der Waals surface area (Å²) >= 11 is 0. The molecule has 44 heavy (non-hydrogen) atoms. The zero-order valence-corrected chi connectivity index (χ0v) is 25.6. The van der Waals surface area contributed by atoms with Gasteiger partial charge in [0.05, 0.1) is 23.4 Å². The summed E-state index contributed by atoms with van der Waals surface area (Å²) < 4.78 is 8.83. The Bertz CT molecular complexity index is 2000. The molecule has 0 unspecified atom stereocenters. The van der Waals surface area contributed by atoms with Crippen molar-refractivity contribution in [3.8, 4) is 17.3 Å². The number of fused-ring (bicyclic) bond motifs is 4. The molecule has 6 heteroatoms. The van der Waals surface area contributed by atoms with Crippen LogP contribution in [-0.4, -0.2) is 27.2 Å². The predicted molar refractivity (Wildman–Crippen MR) is 180 cm³/mol. The van der Waals surface area contributed by atoms with Crippen molar-refractivity contribution < 1.29 is 4.74 Å². The Hall–Kier alpha value is -4.84. The van der Waals surface area contributed by atoms with Crippen molar-refractivity contribution in [1.29, 1.82) is 0 Å². The predicted octanol–water partition coefficient (Wildman–Crippen LogP) is 9.52. The van der Waals surface area contributed by atoms with E-state index in [1.54, 1.807) is 0 Å². The largest absolute Gasteiger partial charge is 0.457 e. The molecule has 0 amide bonds. The van der Waals surface area contributed by atoms with Crippen LogP contribution in [-0.2, 0) is 5.41 Å². The topological polar surface area (TPSA) is 46.4 Å². The molecule has 1 saturated carbocycles. The van der Waals surface area contributed by atoms with E-state index in [4.69, 9.17) is 14.7 Å². The van der Waals surface area contributed by atoms with Crippen LogP contribution in [0.25, 0.3) is 27.6 Å². The first-order chi connectivity index (χ1) is 21.4. The fourth-order valence-electron chi connectivity index (χ4n) is 6.97. The number of hydrogen-bond donors (Lipinski definition) is 0. The summed E-state index contributed by atoms with van der Waals surface area (Å²) in [7, 11) is 0. The molecule has 0 radical (unpaired) electrons. The number of nitrogens with zero attached hydrogens (tertiary/aromatic N) is 5. The van der Waals surface area contributed by atoms with E-state index in [0.717, 1.165) is 46.5 Å². The van der Waals surface area contributed by atoms with E-state index in [9.17, 15) is 0 Å². The van der Waals surface area contributed by atoms with Crippen molar-refractivity contribution in [2.45, 2.75) is 57.9 Å². The van der Waals surface area contributed by atoms with Gasteiger partial charge in [-0.1, -0.05) is 57.9 Å². The summed E-state index contributed by atoms with van der Waals surface area (Å²) in [5.41, 5.74) is 5.79. The van der Waals surface area contributed by atoms with Crippen LogP contribution in [0.4, 0.5) is 17.2 Å². The normalized spacial score (nSPS) is 15.4. The lowest BCUT2D eigenvalue weighted by atomic mass is 9.88. The number of anilines is 3. The Balaban J connectivity index is 1.16. The molecule has 6 aromatic rings. The molecule has 0 atom stereocenters. The average molecular weight is 580 g/mol. The quantitative estimate of drug-likeness (QED) is 0.204. The molecule has 0 N–H and O–H groups in total. The molecule has 1 fully saturated rings. The Labute approximate surface area is 258 Å². The SMILES string of the molecule is CC(C)(C)c1ccnc(-n2c3ccccc3c3ccc(Oc4cccc(N5CN(C6CCCC6)c6cccnc65)c4)cc32)c1. The molecular weight excluding hydrogens is 542 g/mol. The molecule has 8 rings (SSSR count). The number of hydrogen-bond acceptors (Lipinski definition) is 5. The van der Waals surface area contributed by atoms with Crippen LogP contribution in [0.15, 0.2) is 103 Å². The van der Waals surface area contributed by atoms with E-state index < -0.39 is 0 Å². The molecule has 1 aliphatic carbocycles. The number of para-hydroxylation sites is 1. The van der Waals surface area contributed by atoms with Gasteiger partial charge >= 0.3 is 0 Å². The Morgan fingerprint density at radius 1 is 0.727 bits per heavy atom. The number of benzene rings is 3. The van der Waals surface area contributed by atoms with Crippen LogP contribution < -0.4 is 14.5 Å². The maximum atomic E-state index is 6.57. The lowest BCUT2D eigenvalue weighted by Crippen LogP contribution is -2.35.